The predicted molar refractivity (Wildman–Crippen MR) is 126 cm³/mol. The third-order valence-electron chi connectivity index (χ3n) is 4.46. The number of benzene rings is 3. The fourth-order valence-electron chi connectivity index (χ4n) is 2.94. The van der Waals surface area contributed by atoms with Crippen molar-refractivity contribution in [2.24, 2.45) is 0 Å². The minimum atomic E-state index is -0.222. The van der Waals surface area contributed by atoms with Crippen LogP contribution in [0.3, 0.4) is 0 Å². The van der Waals surface area contributed by atoms with E-state index < -0.39 is 0 Å². The van der Waals surface area contributed by atoms with Crippen LogP contribution in [0.15, 0.2) is 78.9 Å². The molecule has 0 unspecified atom stereocenters. The number of nitrogens with one attached hydrogen (secondary N) is 3. The molecule has 0 bridgehead atoms. The highest BCUT2D eigenvalue weighted by Gasteiger charge is 2.08. The maximum atomic E-state index is 12.4. The van der Waals surface area contributed by atoms with E-state index in [0.717, 1.165) is 5.69 Å². The van der Waals surface area contributed by atoms with Crippen LogP contribution in [0.5, 0.6) is 5.75 Å². The van der Waals surface area contributed by atoms with Crippen molar-refractivity contribution in [1.29, 1.82) is 0 Å². The van der Waals surface area contributed by atoms with Gasteiger partial charge in [0.2, 0.25) is 5.91 Å². The van der Waals surface area contributed by atoms with Gasteiger partial charge in [-0.3, -0.25) is 9.59 Å². The normalized spacial score (nSPS) is 10.3. The van der Waals surface area contributed by atoms with Gasteiger partial charge >= 0.3 is 0 Å². The summed E-state index contributed by atoms with van der Waals surface area (Å²) in [6.07, 6.45) is 0. The Morgan fingerprint density at radius 3 is 2.31 bits per heavy atom. The van der Waals surface area contributed by atoms with Gasteiger partial charge in [0.05, 0.1) is 18.8 Å². The van der Waals surface area contributed by atoms with Crippen LogP contribution in [0.1, 0.15) is 17.3 Å². The second-order valence-corrected chi connectivity index (χ2v) is 6.84. The first-order chi connectivity index (χ1) is 15.7. The summed E-state index contributed by atoms with van der Waals surface area (Å²) in [6, 6.07) is 23.4. The Balaban J connectivity index is 1.52. The minimum Gasteiger partial charge on any atom is -0.489 e. The van der Waals surface area contributed by atoms with E-state index in [9.17, 15) is 9.59 Å². The minimum absolute atomic E-state index is 0.0619. The van der Waals surface area contributed by atoms with Crippen LogP contribution >= 0.6 is 0 Å². The van der Waals surface area contributed by atoms with Crippen LogP contribution in [-0.4, -0.2) is 38.2 Å². The van der Waals surface area contributed by atoms with E-state index in [-0.39, 0.29) is 18.4 Å². The molecule has 0 fully saturated rings. The number of anilines is 3. The first-order valence-electron chi connectivity index (χ1n) is 10.5. The van der Waals surface area contributed by atoms with Crippen molar-refractivity contribution in [3.63, 3.8) is 0 Å². The summed E-state index contributed by atoms with van der Waals surface area (Å²) in [5, 5.41) is 8.76. The molecular formula is C25H27N3O4. The molecule has 32 heavy (non-hydrogen) atoms. The van der Waals surface area contributed by atoms with E-state index in [1.807, 2.05) is 37.3 Å². The summed E-state index contributed by atoms with van der Waals surface area (Å²) in [5.74, 6) is 0.225. The van der Waals surface area contributed by atoms with E-state index in [1.165, 1.54) is 0 Å². The van der Waals surface area contributed by atoms with Gasteiger partial charge in [0.15, 0.2) is 0 Å². The lowest BCUT2D eigenvalue weighted by molar-refractivity contribution is -0.114. The SMILES string of the molecule is CCOCCOc1ccccc1NCC(=O)Nc1cccc(NC(=O)c2ccccc2)c1. The average Bonchev–Trinajstić information content (AvgIpc) is 2.82. The van der Waals surface area contributed by atoms with Crippen LogP contribution in [0, 0.1) is 0 Å². The molecular weight excluding hydrogens is 406 g/mol. The number of ether oxygens (including phenoxy) is 2. The molecule has 7 heteroatoms. The van der Waals surface area contributed by atoms with Gasteiger partial charge in [0, 0.05) is 23.5 Å². The molecule has 0 heterocycles. The molecule has 7 nitrogen and oxygen atoms in total. The lowest BCUT2D eigenvalue weighted by Gasteiger charge is -2.13. The van der Waals surface area contributed by atoms with Gasteiger partial charge in [0.1, 0.15) is 12.4 Å². The first kappa shape index (κ1) is 22.8. The number of hydrogen-bond donors (Lipinski definition) is 3. The Morgan fingerprint density at radius 1 is 0.812 bits per heavy atom. The quantitative estimate of drug-likeness (QED) is 0.390. The number of para-hydroxylation sites is 2. The molecule has 0 saturated heterocycles. The standard InChI is InChI=1S/C25H27N3O4/c1-2-31-15-16-32-23-14-7-6-13-22(23)26-18-24(29)27-20-11-8-12-21(17-20)28-25(30)19-9-4-3-5-10-19/h3-14,17,26H,2,15-16,18H2,1H3,(H,27,29)(H,28,30). The number of hydrogen-bond acceptors (Lipinski definition) is 5. The van der Waals surface area contributed by atoms with Crippen LogP contribution in [0.2, 0.25) is 0 Å². The first-order valence-corrected chi connectivity index (χ1v) is 10.5. The second kappa shape index (κ2) is 12.1. The fourth-order valence-corrected chi connectivity index (χ4v) is 2.94. The largest absolute Gasteiger partial charge is 0.489 e. The molecule has 0 aliphatic rings. The van der Waals surface area contributed by atoms with Crippen molar-refractivity contribution in [3.05, 3.63) is 84.4 Å². The molecule has 3 aromatic rings. The van der Waals surface area contributed by atoms with Crippen molar-refractivity contribution >= 4 is 28.9 Å². The molecule has 0 saturated carbocycles. The van der Waals surface area contributed by atoms with E-state index in [0.29, 0.717) is 42.5 Å². The summed E-state index contributed by atoms with van der Waals surface area (Å²) in [6.45, 7) is 3.57. The highest BCUT2D eigenvalue weighted by atomic mass is 16.5. The Bertz CT molecular complexity index is 1020. The number of carbonyl (C=O) groups is 2. The van der Waals surface area contributed by atoms with Crippen molar-refractivity contribution < 1.29 is 19.1 Å². The van der Waals surface area contributed by atoms with Crippen molar-refractivity contribution in [3.8, 4) is 5.75 Å². The third kappa shape index (κ3) is 7.14. The summed E-state index contributed by atoms with van der Waals surface area (Å²) in [4.78, 5) is 24.8. The molecule has 0 radical (unpaired) electrons. The summed E-state index contributed by atoms with van der Waals surface area (Å²) in [7, 11) is 0. The average molecular weight is 434 g/mol. The van der Waals surface area contributed by atoms with Crippen molar-refractivity contribution in [2.45, 2.75) is 6.92 Å². The molecule has 3 N–H and O–H groups in total. The smallest absolute Gasteiger partial charge is 0.255 e. The van der Waals surface area contributed by atoms with Crippen LogP contribution < -0.4 is 20.7 Å². The highest BCUT2D eigenvalue weighted by Crippen LogP contribution is 2.23. The summed E-state index contributed by atoms with van der Waals surface area (Å²) in [5.41, 5.74) is 2.47. The zero-order valence-corrected chi connectivity index (χ0v) is 18.0. The lowest BCUT2D eigenvalue weighted by Crippen LogP contribution is -2.22. The van der Waals surface area contributed by atoms with Crippen molar-refractivity contribution in [1.82, 2.24) is 0 Å². The number of rotatable bonds is 11. The fraction of sp³-hybridized carbons (Fsp3) is 0.200. The second-order valence-electron chi connectivity index (χ2n) is 6.84. The topological polar surface area (TPSA) is 88.7 Å². The Morgan fingerprint density at radius 2 is 1.53 bits per heavy atom. The monoisotopic (exact) mass is 433 g/mol. The van der Waals surface area contributed by atoms with Gasteiger partial charge < -0.3 is 25.4 Å². The summed E-state index contributed by atoms with van der Waals surface area (Å²) >= 11 is 0. The molecule has 0 aromatic heterocycles. The maximum absolute atomic E-state index is 12.4. The zero-order chi connectivity index (χ0) is 22.6. The van der Waals surface area contributed by atoms with Crippen LogP contribution in [0.4, 0.5) is 17.1 Å². The zero-order valence-electron chi connectivity index (χ0n) is 18.0. The van der Waals surface area contributed by atoms with Gasteiger partial charge in [-0.05, 0) is 49.4 Å². The number of carbonyl (C=O) groups excluding carboxylic acids is 2. The Kier molecular flexibility index (Phi) is 8.65. The lowest BCUT2D eigenvalue weighted by atomic mass is 10.2. The van der Waals surface area contributed by atoms with E-state index in [1.54, 1.807) is 48.5 Å². The molecule has 0 aliphatic heterocycles. The summed E-state index contributed by atoms with van der Waals surface area (Å²) < 4.78 is 11.0. The van der Waals surface area contributed by atoms with Crippen LogP contribution in [-0.2, 0) is 9.53 Å². The number of amides is 2. The molecule has 0 atom stereocenters. The molecule has 2 amide bonds. The Labute approximate surface area is 187 Å². The predicted octanol–water partition coefficient (Wildman–Crippen LogP) is 4.40. The third-order valence-corrected chi connectivity index (χ3v) is 4.46. The van der Waals surface area contributed by atoms with Gasteiger partial charge in [-0.2, -0.15) is 0 Å². The Hall–Kier alpha value is -3.84. The highest BCUT2D eigenvalue weighted by molar-refractivity contribution is 6.04. The van der Waals surface area contributed by atoms with Gasteiger partial charge in [-0.15, -0.1) is 0 Å². The van der Waals surface area contributed by atoms with E-state index >= 15 is 0 Å². The molecule has 0 aliphatic carbocycles. The van der Waals surface area contributed by atoms with Crippen molar-refractivity contribution in [2.75, 3.05) is 42.3 Å². The maximum Gasteiger partial charge on any atom is 0.255 e. The van der Waals surface area contributed by atoms with Gasteiger partial charge in [-0.25, -0.2) is 0 Å². The van der Waals surface area contributed by atoms with Crippen LogP contribution in [0.25, 0.3) is 0 Å². The molecule has 166 valence electrons. The molecule has 3 aromatic carbocycles. The van der Waals surface area contributed by atoms with E-state index in [4.69, 9.17) is 9.47 Å². The van der Waals surface area contributed by atoms with E-state index in [2.05, 4.69) is 16.0 Å². The van der Waals surface area contributed by atoms with Gasteiger partial charge in [-0.1, -0.05) is 36.4 Å². The molecule has 0 spiro atoms. The molecule has 3 rings (SSSR count). The van der Waals surface area contributed by atoms with Gasteiger partial charge in [0.25, 0.3) is 5.91 Å².